The second-order valence-electron chi connectivity index (χ2n) is 5.76. The highest BCUT2D eigenvalue weighted by Crippen LogP contribution is 2.14. The van der Waals surface area contributed by atoms with Gasteiger partial charge in [0.25, 0.3) is 0 Å². The van der Waals surface area contributed by atoms with E-state index in [0.29, 0.717) is 13.0 Å². The molecule has 2 N–H and O–H groups in total. The first kappa shape index (κ1) is 18.0. The largest absolute Gasteiger partial charge is 0.349 e. The summed E-state index contributed by atoms with van der Waals surface area (Å²) in [6.07, 6.45) is 2.60. The van der Waals surface area contributed by atoms with Gasteiger partial charge in [0.2, 0.25) is 11.8 Å². The molecule has 2 amide bonds. The molecule has 118 valence electrons. The molecular formula is C14H23N3O2S2. The number of rotatable bonds is 7. The average Bonchev–Trinajstić information content (AvgIpc) is 2.92. The van der Waals surface area contributed by atoms with Crippen LogP contribution in [0.25, 0.3) is 0 Å². The molecule has 0 saturated heterocycles. The van der Waals surface area contributed by atoms with Crippen LogP contribution < -0.4 is 10.6 Å². The highest BCUT2D eigenvalue weighted by molar-refractivity contribution is 7.98. The lowest BCUT2D eigenvalue weighted by Gasteiger charge is -2.23. The number of amides is 2. The predicted molar refractivity (Wildman–Crippen MR) is 88.3 cm³/mol. The number of hydrogen-bond acceptors (Lipinski definition) is 5. The molecule has 0 spiro atoms. The average molecular weight is 329 g/mol. The Morgan fingerprint density at radius 3 is 2.67 bits per heavy atom. The predicted octanol–water partition coefficient (Wildman–Crippen LogP) is 2.04. The van der Waals surface area contributed by atoms with Gasteiger partial charge in [-0.15, -0.1) is 11.3 Å². The van der Waals surface area contributed by atoms with Crippen molar-refractivity contribution in [2.75, 3.05) is 12.0 Å². The summed E-state index contributed by atoms with van der Waals surface area (Å²) in [7, 11) is 0. The van der Waals surface area contributed by atoms with Crippen LogP contribution in [0.2, 0.25) is 0 Å². The standard InChI is InChI=1S/C14H23N3O2S2/c1-14(2,3)13(19)17-11(5-6-20-4)12(18)15-7-10-8-21-9-16-10/h8-9,11H,5-7H2,1-4H3,(H,15,18)(H,17,19)/t11-/m0/s1. The first-order chi connectivity index (χ1) is 9.84. The van der Waals surface area contributed by atoms with Crippen LogP contribution in [0.15, 0.2) is 10.9 Å². The summed E-state index contributed by atoms with van der Waals surface area (Å²) in [5, 5.41) is 7.57. The molecule has 0 radical (unpaired) electrons. The van der Waals surface area contributed by atoms with Gasteiger partial charge in [0.1, 0.15) is 6.04 Å². The molecule has 0 aliphatic carbocycles. The van der Waals surface area contributed by atoms with Gasteiger partial charge in [0.15, 0.2) is 0 Å². The Kier molecular flexibility index (Phi) is 7.17. The second kappa shape index (κ2) is 8.38. The molecule has 1 aromatic heterocycles. The Morgan fingerprint density at radius 2 is 2.14 bits per heavy atom. The van der Waals surface area contributed by atoms with Gasteiger partial charge in [-0.05, 0) is 18.4 Å². The quantitative estimate of drug-likeness (QED) is 0.803. The van der Waals surface area contributed by atoms with E-state index in [4.69, 9.17) is 0 Å². The van der Waals surface area contributed by atoms with Crippen molar-refractivity contribution in [3.05, 3.63) is 16.6 Å². The fraction of sp³-hybridized carbons (Fsp3) is 0.643. The van der Waals surface area contributed by atoms with Gasteiger partial charge in [-0.1, -0.05) is 20.8 Å². The molecule has 0 saturated carbocycles. The van der Waals surface area contributed by atoms with Crippen molar-refractivity contribution in [3.63, 3.8) is 0 Å². The van der Waals surface area contributed by atoms with Gasteiger partial charge in [0, 0.05) is 10.8 Å². The Labute approximate surface area is 134 Å². The van der Waals surface area contributed by atoms with E-state index >= 15 is 0 Å². The number of thioether (sulfide) groups is 1. The zero-order valence-electron chi connectivity index (χ0n) is 12.9. The maximum atomic E-state index is 12.2. The van der Waals surface area contributed by atoms with Crippen LogP contribution in [-0.4, -0.2) is 34.8 Å². The van der Waals surface area contributed by atoms with Crippen molar-refractivity contribution in [1.29, 1.82) is 0 Å². The molecule has 1 rings (SSSR count). The number of carbonyl (C=O) groups is 2. The summed E-state index contributed by atoms with van der Waals surface area (Å²) in [5.74, 6) is 0.547. The molecule has 0 aromatic carbocycles. The molecule has 0 aliphatic rings. The lowest BCUT2D eigenvalue weighted by Crippen LogP contribution is -2.50. The summed E-state index contributed by atoms with van der Waals surface area (Å²) in [6.45, 7) is 5.90. The molecule has 1 atom stereocenters. The third-order valence-corrected chi connectivity index (χ3v) is 4.12. The van der Waals surface area contributed by atoms with E-state index in [1.165, 1.54) is 11.3 Å². The van der Waals surface area contributed by atoms with Gasteiger partial charge in [-0.3, -0.25) is 9.59 Å². The fourth-order valence-corrected chi connectivity index (χ4v) is 2.53. The summed E-state index contributed by atoms with van der Waals surface area (Å²) in [4.78, 5) is 28.4. The lowest BCUT2D eigenvalue weighted by molar-refractivity contribution is -0.133. The number of aromatic nitrogens is 1. The van der Waals surface area contributed by atoms with Crippen molar-refractivity contribution in [2.45, 2.75) is 39.8 Å². The Morgan fingerprint density at radius 1 is 1.43 bits per heavy atom. The maximum absolute atomic E-state index is 12.2. The van der Waals surface area contributed by atoms with Crippen molar-refractivity contribution >= 4 is 34.9 Å². The molecule has 21 heavy (non-hydrogen) atoms. The van der Waals surface area contributed by atoms with E-state index in [2.05, 4.69) is 15.6 Å². The van der Waals surface area contributed by atoms with Gasteiger partial charge in [0.05, 0.1) is 17.7 Å². The molecule has 1 aromatic rings. The summed E-state index contributed by atoms with van der Waals surface area (Å²) in [6, 6.07) is -0.497. The summed E-state index contributed by atoms with van der Waals surface area (Å²) >= 11 is 3.15. The van der Waals surface area contributed by atoms with E-state index in [1.807, 2.05) is 32.4 Å². The highest BCUT2D eigenvalue weighted by Gasteiger charge is 2.27. The van der Waals surface area contributed by atoms with E-state index in [-0.39, 0.29) is 11.8 Å². The summed E-state index contributed by atoms with van der Waals surface area (Å²) in [5.41, 5.74) is 2.06. The minimum atomic E-state index is -0.507. The lowest BCUT2D eigenvalue weighted by atomic mass is 9.95. The van der Waals surface area contributed by atoms with E-state index in [1.54, 1.807) is 17.3 Å². The minimum Gasteiger partial charge on any atom is -0.349 e. The number of carbonyl (C=O) groups excluding carboxylic acids is 2. The van der Waals surface area contributed by atoms with Gasteiger partial charge < -0.3 is 10.6 Å². The van der Waals surface area contributed by atoms with Gasteiger partial charge in [-0.2, -0.15) is 11.8 Å². The number of thiazole rings is 1. The van der Waals surface area contributed by atoms with E-state index < -0.39 is 11.5 Å². The van der Waals surface area contributed by atoms with Gasteiger partial charge in [-0.25, -0.2) is 4.98 Å². The molecular weight excluding hydrogens is 306 g/mol. The molecule has 5 nitrogen and oxygen atoms in total. The molecule has 0 bridgehead atoms. The minimum absolute atomic E-state index is 0.114. The van der Waals surface area contributed by atoms with E-state index in [0.717, 1.165) is 11.4 Å². The molecule has 0 fully saturated rings. The molecule has 0 aliphatic heterocycles. The Bertz CT molecular complexity index is 455. The van der Waals surface area contributed by atoms with Crippen molar-refractivity contribution in [1.82, 2.24) is 15.6 Å². The third kappa shape index (κ3) is 6.48. The Hall–Kier alpha value is -1.08. The van der Waals surface area contributed by atoms with Crippen molar-refractivity contribution in [3.8, 4) is 0 Å². The number of nitrogens with one attached hydrogen (secondary N) is 2. The maximum Gasteiger partial charge on any atom is 0.242 e. The SMILES string of the molecule is CSCC[C@H](NC(=O)C(C)(C)C)C(=O)NCc1cscn1. The topological polar surface area (TPSA) is 71.1 Å². The first-order valence-electron chi connectivity index (χ1n) is 6.79. The highest BCUT2D eigenvalue weighted by atomic mass is 32.2. The molecule has 0 unspecified atom stereocenters. The van der Waals surface area contributed by atoms with Crippen LogP contribution in [0.1, 0.15) is 32.9 Å². The zero-order chi connectivity index (χ0) is 15.9. The van der Waals surface area contributed by atoms with Crippen LogP contribution in [0, 0.1) is 5.41 Å². The van der Waals surface area contributed by atoms with Gasteiger partial charge >= 0.3 is 0 Å². The van der Waals surface area contributed by atoms with E-state index in [9.17, 15) is 9.59 Å². The van der Waals surface area contributed by atoms with Crippen LogP contribution in [0.3, 0.4) is 0 Å². The molecule has 1 heterocycles. The second-order valence-corrected chi connectivity index (χ2v) is 7.46. The normalized spacial score (nSPS) is 12.8. The first-order valence-corrected chi connectivity index (χ1v) is 9.13. The number of hydrogen-bond donors (Lipinski definition) is 2. The Balaban J connectivity index is 2.58. The third-order valence-electron chi connectivity index (χ3n) is 2.84. The van der Waals surface area contributed by atoms with Crippen molar-refractivity contribution < 1.29 is 9.59 Å². The van der Waals surface area contributed by atoms with Crippen LogP contribution in [-0.2, 0) is 16.1 Å². The van der Waals surface area contributed by atoms with Crippen LogP contribution in [0.5, 0.6) is 0 Å². The fourth-order valence-electron chi connectivity index (χ4n) is 1.50. The summed E-state index contributed by atoms with van der Waals surface area (Å²) < 4.78 is 0. The smallest absolute Gasteiger partial charge is 0.242 e. The zero-order valence-corrected chi connectivity index (χ0v) is 14.6. The van der Waals surface area contributed by atoms with Crippen LogP contribution >= 0.6 is 23.1 Å². The van der Waals surface area contributed by atoms with Crippen molar-refractivity contribution in [2.24, 2.45) is 5.41 Å². The molecule has 7 heteroatoms. The van der Waals surface area contributed by atoms with Crippen LogP contribution in [0.4, 0.5) is 0 Å². The number of nitrogens with zero attached hydrogens (tertiary/aromatic N) is 1. The monoisotopic (exact) mass is 329 g/mol.